The van der Waals surface area contributed by atoms with Gasteiger partial charge in [0.15, 0.2) is 0 Å². The fourth-order valence-corrected chi connectivity index (χ4v) is 2.61. The summed E-state index contributed by atoms with van der Waals surface area (Å²) in [7, 11) is 0. The van der Waals surface area contributed by atoms with Gasteiger partial charge < -0.3 is 0 Å². The third-order valence-corrected chi connectivity index (χ3v) is 4.33. The molecule has 0 aliphatic rings. The van der Waals surface area contributed by atoms with Crippen molar-refractivity contribution in [3.05, 3.63) is 79.9 Å². The molecular formula is C20H20N6O8. The summed E-state index contributed by atoms with van der Waals surface area (Å²) in [6.45, 7) is 0. The number of hydrogen-bond acceptors (Lipinski definition) is 8. The van der Waals surface area contributed by atoms with Gasteiger partial charge in [-0.2, -0.15) is 0 Å². The van der Waals surface area contributed by atoms with Crippen molar-refractivity contribution in [3.63, 3.8) is 0 Å². The van der Waals surface area contributed by atoms with Gasteiger partial charge >= 0.3 is 0 Å². The number of nitro benzene ring substituents is 2. The van der Waals surface area contributed by atoms with Crippen molar-refractivity contribution in [2.45, 2.75) is 25.7 Å². The van der Waals surface area contributed by atoms with E-state index in [1.165, 1.54) is 36.4 Å². The number of hydrazine groups is 2. The van der Waals surface area contributed by atoms with Crippen molar-refractivity contribution in [2.75, 3.05) is 0 Å². The Balaban J connectivity index is 1.64. The van der Waals surface area contributed by atoms with E-state index in [9.17, 15) is 39.4 Å². The zero-order valence-electron chi connectivity index (χ0n) is 17.6. The molecule has 14 heteroatoms. The highest BCUT2D eigenvalue weighted by Crippen LogP contribution is 2.13. The first-order valence-electron chi connectivity index (χ1n) is 9.84. The van der Waals surface area contributed by atoms with Crippen LogP contribution in [0.3, 0.4) is 0 Å². The van der Waals surface area contributed by atoms with E-state index in [1.807, 2.05) is 0 Å². The molecule has 178 valence electrons. The van der Waals surface area contributed by atoms with Gasteiger partial charge in [0.05, 0.1) is 9.85 Å². The van der Waals surface area contributed by atoms with Gasteiger partial charge in [0.25, 0.3) is 23.2 Å². The Hall–Kier alpha value is -4.88. The molecule has 14 nitrogen and oxygen atoms in total. The summed E-state index contributed by atoms with van der Waals surface area (Å²) < 4.78 is 0. The molecule has 2 aromatic rings. The smallest absolute Gasteiger partial charge is 0.270 e. The fraction of sp³-hybridized carbons (Fsp3) is 0.200. The van der Waals surface area contributed by atoms with E-state index in [0.717, 1.165) is 12.1 Å². The molecule has 2 aromatic carbocycles. The minimum atomic E-state index is -0.726. The highest BCUT2D eigenvalue weighted by molar-refractivity contribution is 5.96. The highest BCUT2D eigenvalue weighted by Gasteiger charge is 2.13. The average molecular weight is 472 g/mol. The fourth-order valence-electron chi connectivity index (χ4n) is 2.61. The van der Waals surface area contributed by atoms with Crippen molar-refractivity contribution < 1.29 is 29.0 Å². The van der Waals surface area contributed by atoms with Gasteiger partial charge in [0.2, 0.25) is 11.8 Å². The minimum absolute atomic E-state index is 0.00155. The van der Waals surface area contributed by atoms with Crippen LogP contribution < -0.4 is 21.7 Å². The lowest BCUT2D eigenvalue weighted by atomic mass is 10.2. The quantitative estimate of drug-likeness (QED) is 0.237. The number of hydrogen-bond donors (Lipinski definition) is 4. The van der Waals surface area contributed by atoms with Crippen LogP contribution in [0.4, 0.5) is 11.4 Å². The second-order valence-electron chi connectivity index (χ2n) is 6.83. The van der Waals surface area contributed by atoms with Crippen LogP contribution in [0.25, 0.3) is 0 Å². The summed E-state index contributed by atoms with van der Waals surface area (Å²) in [5, 5.41) is 21.5. The molecule has 4 amide bonds. The molecule has 0 saturated carbocycles. The number of nitro groups is 2. The number of carbonyl (C=O) groups excluding carboxylic acids is 4. The van der Waals surface area contributed by atoms with Crippen molar-refractivity contribution in [3.8, 4) is 0 Å². The zero-order valence-corrected chi connectivity index (χ0v) is 17.6. The molecule has 34 heavy (non-hydrogen) atoms. The van der Waals surface area contributed by atoms with Crippen LogP contribution in [0.5, 0.6) is 0 Å². The van der Waals surface area contributed by atoms with Gasteiger partial charge in [-0.15, -0.1) is 0 Å². The topological polar surface area (TPSA) is 203 Å². The van der Waals surface area contributed by atoms with Crippen molar-refractivity contribution in [2.24, 2.45) is 0 Å². The van der Waals surface area contributed by atoms with Crippen LogP contribution >= 0.6 is 0 Å². The summed E-state index contributed by atoms with van der Waals surface area (Å²) in [6.07, 6.45) is 0.570. The van der Waals surface area contributed by atoms with E-state index in [4.69, 9.17) is 0 Å². The van der Waals surface area contributed by atoms with E-state index < -0.39 is 33.5 Å². The summed E-state index contributed by atoms with van der Waals surface area (Å²) in [5.41, 5.74) is 8.10. The van der Waals surface area contributed by atoms with Crippen molar-refractivity contribution >= 4 is 35.0 Å². The molecule has 0 fully saturated rings. The number of amides is 4. The first kappa shape index (κ1) is 25.4. The minimum Gasteiger partial charge on any atom is -0.273 e. The lowest BCUT2D eigenvalue weighted by Crippen LogP contribution is -2.42. The lowest BCUT2D eigenvalue weighted by Gasteiger charge is -2.08. The maximum atomic E-state index is 12.0. The molecule has 2 rings (SSSR count). The Bertz CT molecular complexity index is 1030. The van der Waals surface area contributed by atoms with Crippen LogP contribution in [0, 0.1) is 20.2 Å². The maximum absolute atomic E-state index is 12.0. The van der Waals surface area contributed by atoms with Crippen molar-refractivity contribution in [1.82, 2.24) is 21.7 Å². The molecule has 0 aliphatic heterocycles. The van der Waals surface area contributed by atoms with E-state index in [0.29, 0.717) is 12.8 Å². The van der Waals surface area contributed by atoms with E-state index >= 15 is 0 Å². The monoisotopic (exact) mass is 472 g/mol. The largest absolute Gasteiger partial charge is 0.273 e. The summed E-state index contributed by atoms with van der Waals surface area (Å²) in [4.78, 5) is 67.7. The zero-order chi connectivity index (χ0) is 25.1. The molecular weight excluding hydrogens is 452 g/mol. The summed E-state index contributed by atoms with van der Waals surface area (Å²) >= 11 is 0. The summed E-state index contributed by atoms with van der Waals surface area (Å²) in [5.74, 6) is -2.51. The number of nitrogens with one attached hydrogen (secondary N) is 4. The Morgan fingerprint density at radius 1 is 0.647 bits per heavy atom. The van der Waals surface area contributed by atoms with Crippen LogP contribution in [0.1, 0.15) is 46.4 Å². The van der Waals surface area contributed by atoms with Gasteiger partial charge in [-0.25, -0.2) is 0 Å². The molecule has 0 aromatic heterocycles. The predicted octanol–water partition coefficient (Wildman–Crippen LogP) is 1.29. The molecule has 0 spiro atoms. The Morgan fingerprint density at radius 2 is 1.03 bits per heavy atom. The SMILES string of the molecule is O=C(CCCCC(=O)NNC(=O)c1cccc([N+](=O)[O-])c1)NNC(=O)c1cccc([N+](=O)[O-])c1. The number of unbranched alkanes of at least 4 members (excludes halogenated alkanes) is 1. The standard InChI is InChI=1S/C20H20N6O8/c27-17(21-23-19(29)13-5-3-7-15(11-13)25(31)32)9-1-2-10-18(28)22-24-20(30)14-6-4-8-16(12-14)26(33)34/h3-8,11-12H,1-2,9-10H2,(H,21,27)(H,22,28)(H,23,29)(H,24,30). The molecule has 0 atom stereocenters. The molecule has 0 unspecified atom stereocenters. The maximum Gasteiger partial charge on any atom is 0.270 e. The average Bonchev–Trinajstić information content (AvgIpc) is 2.83. The van der Waals surface area contributed by atoms with Gasteiger partial charge in [0, 0.05) is 48.2 Å². The number of benzene rings is 2. The normalized spacial score (nSPS) is 10.0. The third kappa shape index (κ3) is 7.99. The number of rotatable bonds is 9. The first-order valence-corrected chi connectivity index (χ1v) is 9.84. The molecule has 4 N–H and O–H groups in total. The van der Waals surface area contributed by atoms with Crippen LogP contribution in [-0.2, 0) is 9.59 Å². The Labute approximate surface area is 191 Å². The molecule has 0 bridgehead atoms. The molecule has 0 radical (unpaired) electrons. The Morgan fingerprint density at radius 3 is 1.38 bits per heavy atom. The van der Waals surface area contributed by atoms with Gasteiger partial charge in [-0.05, 0) is 25.0 Å². The molecule has 0 heterocycles. The second-order valence-corrected chi connectivity index (χ2v) is 6.83. The summed E-state index contributed by atoms with van der Waals surface area (Å²) in [6, 6.07) is 9.97. The Kier molecular flexibility index (Phi) is 9.13. The van der Waals surface area contributed by atoms with Crippen LogP contribution in [-0.4, -0.2) is 33.5 Å². The number of nitrogens with zero attached hydrogens (tertiary/aromatic N) is 2. The predicted molar refractivity (Wildman–Crippen MR) is 116 cm³/mol. The number of non-ortho nitro benzene ring substituents is 2. The van der Waals surface area contributed by atoms with Crippen LogP contribution in [0.2, 0.25) is 0 Å². The van der Waals surface area contributed by atoms with Gasteiger partial charge in [0.1, 0.15) is 0 Å². The van der Waals surface area contributed by atoms with Gasteiger partial charge in [-0.3, -0.25) is 61.1 Å². The van der Waals surface area contributed by atoms with Crippen LogP contribution in [0.15, 0.2) is 48.5 Å². The molecule has 0 aliphatic carbocycles. The van der Waals surface area contributed by atoms with E-state index in [2.05, 4.69) is 21.7 Å². The number of carbonyl (C=O) groups is 4. The lowest BCUT2D eigenvalue weighted by molar-refractivity contribution is -0.385. The molecule has 0 saturated heterocycles. The third-order valence-electron chi connectivity index (χ3n) is 4.33. The van der Waals surface area contributed by atoms with Crippen molar-refractivity contribution in [1.29, 1.82) is 0 Å². The first-order chi connectivity index (χ1) is 16.2. The van der Waals surface area contributed by atoms with E-state index in [-0.39, 0.29) is 35.3 Å². The van der Waals surface area contributed by atoms with Gasteiger partial charge in [-0.1, -0.05) is 12.1 Å². The second kappa shape index (κ2) is 12.2. The highest BCUT2D eigenvalue weighted by atomic mass is 16.6. The van der Waals surface area contributed by atoms with E-state index in [1.54, 1.807) is 0 Å².